The summed E-state index contributed by atoms with van der Waals surface area (Å²) in [6.45, 7) is 4.05. The lowest BCUT2D eigenvalue weighted by Gasteiger charge is -2.33. The molecule has 0 amide bonds. The van der Waals surface area contributed by atoms with Gasteiger partial charge in [0.15, 0.2) is 0 Å². The van der Waals surface area contributed by atoms with Crippen LogP contribution >= 0.6 is 31.9 Å². The number of likely N-dealkylation sites (N-methyl/N-ethyl adjacent to an activating group) is 1. The van der Waals surface area contributed by atoms with Crippen LogP contribution in [0.4, 0.5) is 0 Å². The number of hydrogen-bond acceptors (Lipinski definition) is 3. The summed E-state index contributed by atoms with van der Waals surface area (Å²) in [7, 11) is -3.49. The van der Waals surface area contributed by atoms with Gasteiger partial charge in [0, 0.05) is 28.1 Å². The van der Waals surface area contributed by atoms with Gasteiger partial charge in [-0.3, -0.25) is 0 Å². The van der Waals surface area contributed by atoms with Crippen molar-refractivity contribution < 1.29 is 8.42 Å². The van der Waals surface area contributed by atoms with Crippen molar-refractivity contribution in [2.24, 2.45) is 0 Å². The zero-order valence-electron chi connectivity index (χ0n) is 11.3. The van der Waals surface area contributed by atoms with Crippen molar-refractivity contribution in [3.05, 3.63) is 27.1 Å². The number of halogens is 2. The molecule has 1 heterocycles. The number of nitrogens with zero attached hydrogens (tertiary/aromatic N) is 1. The van der Waals surface area contributed by atoms with Crippen LogP contribution in [-0.2, 0) is 10.0 Å². The van der Waals surface area contributed by atoms with Crippen LogP contribution in [0.3, 0.4) is 0 Å². The number of benzene rings is 1. The molecule has 20 heavy (non-hydrogen) atoms. The Kier molecular flexibility index (Phi) is 5.64. The van der Waals surface area contributed by atoms with Gasteiger partial charge < -0.3 is 5.32 Å². The summed E-state index contributed by atoms with van der Waals surface area (Å²) in [5, 5.41) is 3.27. The molecule has 1 aromatic carbocycles. The average molecular weight is 426 g/mol. The smallest absolute Gasteiger partial charge is 0.244 e. The van der Waals surface area contributed by atoms with E-state index in [1.54, 1.807) is 16.4 Å². The Morgan fingerprint density at radius 1 is 1.40 bits per heavy atom. The van der Waals surface area contributed by atoms with E-state index in [4.69, 9.17) is 0 Å². The van der Waals surface area contributed by atoms with Gasteiger partial charge in [-0.15, -0.1) is 0 Å². The van der Waals surface area contributed by atoms with Crippen LogP contribution in [0.25, 0.3) is 0 Å². The van der Waals surface area contributed by atoms with E-state index in [0.717, 1.165) is 30.4 Å². The fraction of sp³-hybridized carbons (Fsp3) is 0.538. The van der Waals surface area contributed by atoms with Crippen molar-refractivity contribution in [3.63, 3.8) is 0 Å². The second-order valence-electron chi connectivity index (χ2n) is 4.78. The highest BCUT2D eigenvalue weighted by Gasteiger charge is 2.32. The molecule has 0 radical (unpaired) electrons. The van der Waals surface area contributed by atoms with E-state index in [9.17, 15) is 8.42 Å². The molecule has 112 valence electrons. The number of piperidine rings is 1. The summed E-state index contributed by atoms with van der Waals surface area (Å²) in [5.41, 5.74) is 0. The predicted octanol–water partition coefficient (Wildman–Crippen LogP) is 2.97. The van der Waals surface area contributed by atoms with Gasteiger partial charge in [-0.05, 0) is 53.5 Å². The summed E-state index contributed by atoms with van der Waals surface area (Å²) in [6, 6.07) is 5.26. The van der Waals surface area contributed by atoms with Gasteiger partial charge in [0.05, 0.1) is 4.90 Å². The number of rotatable bonds is 4. The van der Waals surface area contributed by atoms with Crippen LogP contribution in [-0.4, -0.2) is 38.4 Å². The quantitative estimate of drug-likeness (QED) is 0.806. The van der Waals surface area contributed by atoms with Crippen molar-refractivity contribution >= 4 is 41.9 Å². The standard InChI is InChI=1S/C13H18Br2N2O2S/c1-2-17(11-4-3-7-16-9-11)20(18,19)13-8-10(14)5-6-12(13)15/h5-6,8,11,16H,2-4,7,9H2,1H3. The molecule has 2 rings (SSSR count). The molecule has 4 nitrogen and oxygen atoms in total. The summed E-state index contributed by atoms with van der Waals surface area (Å²) < 4.78 is 28.7. The van der Waals surface area contributed by atoms with Crippen molar-refractivity contribution in [2.45, 2.75) is 30.7 Å². The topological polar surface area (TPSA) is 49.4 Å². The van der Waals surface area contributed by atoms with Crippen LogP contribution in [0.15, 0.2) is 32.0 Å². The first kappa shape index (κ1) is 16.4. The molecule has 0 aromatic heterocycles. The zero-order valence-corrected chi connectivity index (χ0v) is 15.3. The molecule has 1 N–H and O–H groups in total. The van der Waals surface area contributed by atoms with Gasteiger partial charge in [-0.1, -0.05) is 22.9 Å². The third-order valence-corrected chi connectivity index (χ3v) is 6.98. The molecule has 1 fully saturated rings. The zero-order chi connectivity index (χ0) is 14.8. The molecule has 1 atom stereocenters. The molecule has 1 saturated heterocycles. The molecule has 0 aliphatic carbocycles. The minimum absolute atomic E-state index is 0.0321. The van der Waals surface area contributed by atoms with E-state index in [0.29, 0.717) is 15.9 Å². The maximum Gasteiger partial charge on any atom is 0.244 e. The molecular formula is C13H18Br2N2O2S. The second-order valence-corrected chi connectivity index (χ2v) is 8.41. The Bertz CT molecular complexity index is 572. The SMILES string of the molecule is CCN(C1CCCNC1)S(=O)(=O)c1cc(Br)ccc1Br. The Balaban J connectivity index is 2.38. The predicted molar refractivity (Wildman–Crippen MR) is 87.3 cm³/mol. The Labute approximate surface area is 137 Å². The lowest BCUT2D eigenvalue weighted by molar-refractivity contribution is 0.274. The van der Waals surface area contributed by atoms with Gasteiger partial charge >= 0.3 is 0 Å². The molecule has 1 aliphatic heterocycles. The lowest BCUT2D eigenvalue weighted by atomic mass is 10.1. The first-order chi connectivity index (χ1) is 9.46. The summed E-state index contributed by atoms with van der Waals surface area (Å²) in [5.74, 6) is 0. The summed E-state index contributed by atoms with van der Waals surface area (Å²) in [6.07, 6.45) is 1.92. The van der Waals surface area contributed by atoms with E-state index >= 15 is 0 Å². The normalized spacial score (nSPS) is 20.3. The maximum atomic E-state index is 12.9. The van der Waals surface area contributed by atoms with Gasteiger partial charge in [-0.25, -0.2) is 8.42 Å². The highest BCUT2D eigenvalue weighted by Crippen LogP contribution is 2.30. The Morgan fingerprint density at radius 3 is 2.75 bits per heavy atom. The second kappa shape index (κ2) is 6.87. The summed E-state index contributed by atoms with van der Waals surface area (Å²) in [4.78, 5) is 0.319. The van der Waals surface area contributed by atoms with E-state index in [2.05, 4.69) is 37.2 Å². The third kappa shape index (κ3) is 3.44. The van der Waals surface area contributed by atoms with E-state index in [-0.39, 0.29) is 6.04 Å². The summed E-state index contributed by atoms with van der Waals surface area (Å²) >= 11 is 6.69. The molecule has 1 aromatic rings. The van der Waals surface area contributed by atoms with Crippen molar-refractivity contribution in [1.82, 2.24) is 9.62 Å². The molecule has 1 unspecified atom stereocenters. The van der Waals surface area contributed by atoms with Crippen molar-refractivity contribution in [3.8, 4) is 0 Å². The van der Waals surface area contributed by atoms with Crippen molar-refractivity contribution in [1.29, 1.82) is 0 Å². The Morgan fingerprint density at radius 2 is 2.15 bits per heavy atom. The molecule has 7 heteroatoms. The molecule has 1 aliphatic rings. The van der Waals surface area contributed by atoms with Gasteiger partial charge in [0.25, 0.3) is 0 Å². The fourth-order valence-corrected chi connectivity index (χ4v) is 5.63. The lowest BCUT2D eigenvalue weighted by Crippen LogP contribution is -2.48. The minimum Gasteiger partial charge on any atom is -0.315 e. The highest BCUT2D eigenvalue weighted by molar-refractivity contribution is 9.11. The third-order valence-electron chi connectivity index (χ3n) is 3.47. The first-order valence-corrected chi connectivity index (χ1v) is 9.67. The van der Waals surface area contributed by atoms with E-state index in [1.807, 2.05) is 13.0 Å². The Hall–Kier alpha value is 0.0500. The van der Waals surface area contributed by atoms with Crippen molar-refractivity contribution in [2.75, 3.05) is 19.6 Å². The minimum atomic E-state index is -3.49. The van der Waals surface area contributed by atoms with Crippen LogP contribution in [0.5, 0.6) is 0 Å². The number of sulfonamides is 1. The molecule has 0 bridgehead atoms. The molecule has 0 saturated carbocycles. The highest BCUT2D eigenvalue weighted by atomic mass is 79.9. The fourth-order valence-electron chi connectivity index (χ4n) is 2.50. The van der Waals surface area contributed by atoms with Gasteiger partial charge in [-0.2, -0.15) is 4.31 Å². The van der Waals surface area contributed by atoms with Crippen LogP contribution in [0.1, 0.15) is 19.8 Å². The van der Waals surface area contributed by atoms with Crippen LogP contribution < -0.4 is 5.32 Å². The van der Waals surface area contributed by atoms with Crippen LogP contribution in [0.2, 0.25) is 0 Å². The number of hydrogen-bond donors (Lipinski definition) is 1. The first-order valence-electron chi connectivity index (χ1n) is 6.64. The van der Waals surface area contributed by atoms with E-state index in [1.165, 1.54) is 0 Å². The van der Waals surface area contributed by atoms with Crippen LogP contribution in [0, 0.1) is 0 Å². The average Bonchev–Trinajstić information content (AvgIpc) is 2.43. The van der Waals surface area contributed by atoms with E-state index < -0.39 is 10.0 Å². The molecule has 0 spiro atoms. The molecular weight excluding hydrogens is 408 g/mol. The monoisotopic (exact) mass is 424 g/mol. The maximum absolute atomic E-state index is 12.9. The largest absolute Gasteiger partial charge is 0.315 e. The van der Waals surface area contributed by atoms with Gasteiger partial charge in [0.2, 0.25) is 10.0 Å². The van der Waals surface area contributed by atoms with Gasteiger partial charge in [0.1, 0.15) is 0 Å². The number of nitrogens with one attached hydrogen (secondary N) is 1.